The van der Waals surface area contributed by atoms with Gasteiger partial charge in [-0.1, -0.05) is 64.4 Å². The molecule has 3 unspecified atom stereocenters. The van der Waals surface area contributed by atoms with Crippen LogP contribution < -0.4 is 24.3 Å². The number of hydrogen-bond acceptors (Lipinski definition) is 9. The Morgan fingerprint density at radius 3 is 2.39 bits per heavy atom. The van der Waals surface area contributed by atoms with Crippen LogP contribution in [0.2, 0.25) is 0 Å². The third-order valence-electron chi connectivity index (χ3n) is 8.94. The molecule has 11 nitrogen and oxygen atoms in total. The Hall–Kier alpha value is -3.07. The van der Waals surface area contributed by atoms with E-state index in [0.29, 0.717) is 44.1 Å². The number of rotatable bonds is 20. The minimum atomic E-state index is -1.20. The van der Waals surface area contributed by atoms with Crippen LogP contribution in [0, 0.1) is 3.57 Å². The minimum Gasteiger partial charge on any atom is -0.493 e. The lowest BCUT2D eigenvalue weighted by Gasteiger charge is -2.41. The SMILES string of the molecule is CCCCCCCCCCCC(=O)N(Cc1ccc2c(c1)OCO2)C1CC(C(=O)NCCO)=CC(Oc2c(I)cc(CO)cc2OC)C1O. The largest absolute Gasteiger partial charge is 0.493 e. The summed E-state index contributed by atoms with van der Waals surface area (Å²) in [6, 6.07) is 8.12. The van der Waals surface area contributed by atoms with E-state index in [0.717, 1.165) is 31.2 Å². The summed E-state index contributed by atoms with van der Waals surface area (Å²) in [4.78, 5) is 29.1. The first-order chi connectivity index (χ1) is 23.8. The number of amides is 2. The van der Waals surface area contributed by atoms with Gasteiger partial charge in [0.05, 0.1) is 29.9 Å². The third-order valence-corrected chi connectivity index (χ3v) is 9.75. The number of nitrogens with zero attached hydrogens (tertiary/aromatic N) is 1. The predicted octanol–water partition coefficient (Wildman–Crippen LogP) is 5.39. The summed E-state index contributed by atoms with van der Waals surface area (Å²) >= 11 is 2.08. The van der Waals surface area contributed by atoms with Crippen molar-refractivity contribution in [2.45, 2.75) is 109 Å². The predicted molar refractivity (Wildman–Crippen MR) is 194 cm³/mol. The molecule has 4 N–H and O–H groups in total. The molecule has 3 atom stereocenters. The number of fused-ring (bicyclic) bond motifs is 1. The molecule has 0 fully saturated rings. The van der Waals surface area contributed by atoms with Gasteiger partial charge in [-0.05, 0) is 70.5 Å². The van der Waals surface area contributed by atoms with Gasteiger partial charge in [-0.15, -0.1) is 0 Å². The van der Waals surface area contributed by atoms with Crippen molar-refractivity contribution in [1.82, 2.24) is 10.2 Å². The number of unbranched alkanes of at least 4 members (excludes halogenated alkanes) is 8. The summed E-state index contributed by atoms with van der Waals surface area (Å²) in [5.74, 6) is 1.39. The molecule has 1 aliphatic heterocycles. The van der Waals surface area contributed by atoms with Gasteiger partial charge in [0.1, 0.15) is 12.2 Å². The van der Waals surface area contributed by atoms with Gasteiger partial charge in [0.15, 0.2) is 23.0 Å². The Bertz CT molecular complexity index is 1420. The smallest absolute Gasteiger partial charge is 0.247 e. The van der Waals surface area contributed by atoms with Crippen molar-refractivity contribution in [3.05, 3.63) is 56.7 Å². The van der Waals surface area contributed by atoms with Gasteiger partial charge in [-0.2, -0.15) is 0 Å². The van der Waals surface area contributed by atoms with E-state index < -0.39 is 24.2 Å². The molecular weight excluding hydrogens is 743 g/mol. The van der Waals surface area contributed by atoms with E-state index in [2.05, 4.69) is 34.8 Å². The van der Waals surface area contributed by atoms with Crippen molar-refractivity contribution in [2.24, 2.45) is 0 Å². The van der Waals surface area contributed by atoms with Gasteiger partial charge in [0, 0.05) is 31.5 Å². The fraction of sp³-hybridized carbons (Fsp3) is 0.568. The van der Waals surface area contributed by atoms with E-state index in [4.69, 9.17) is 18.9 Å². The zero-order valence-corrected chi connectivity index (χ0v) is 30.8. The molecule has 270 valence electrons. The van der Waals surface area contributed by atoms with Gasteiger partial charge in [0.2, 0.25) is 18.6 Å². The van der Waals surface area contributed by atoms with Crippen molar-refractivity contribution in [2.75, 3.05) is 27.1 Å². The van der Waals surface area contributed by atoms with E-state index in [9.17, 15) is 24.9 Å². The summed E-state index contributed by atoms with van der Waals surface area (Å²) in [6.07, 6.45) is 9.85. The molecule has 0 saturated heterocycles. The van der Waals surface area contributed by atoms with E-state index in [-0.39, 0.29) is 45.4 Å². The first kappa shape index (κ1) is 38.7. The van der Waals surface area contributed by atoms with E-state index in [1.54, 1.807) is 23.1 Å². The summed E-state index contributed by atoms with van der Waals surface area (Å²) in [6.45, 7) is 2.15. The summed E-state index contributed by atoms with van der Waals surface area (Å²) in [7, 11) is 1.49. The molecule has 0 spiro atoms. The monoisotopic (exact) mass is 794 g/mol. The lowest BCUT2D eigenvalue weighted by Crippen LogP contribution is -2.54. The minimum absolute atomic E-state index is 0.0572. The second-order valence-electron chi connectivity index (χ2n) is 12.6. The molecule has 2 aromatic rings. The van der Waals surface area contributed by atoms with Crippen molar-refractivity contribution in [3.63, 3.8) is 0 Å². The molecule has 4 rings (SSSR count). The van der Waals surface area contributed by atoms with Crippen LogP contribution in [-0.4, -0.2) is 77.3 Å². The van der Waals surface area contributed by atoms with Crippen LogP contribution in [-0.2, 0) is 22.7 Å². The number of aliphatic hydroxyl groups excluding tert-OH is 3. The fourth-order valence-corrected chi connectivity index (χ4v) is 7.04. The highest BCUT2D eigenvalue weighted by molar-refractivity contribution is 14.1. The van der Waals surface area contributed by atoms with Crippen molar-refractivity contribution < 1.29 is 43.9 Å². The second-order valence-corrected chi connectivity index (χ2v) is 13.7. The zero-order chi connectivity index (χ0) is 35.2. The van der Waals surface area contributed by atoms with E-state index in [1.165, 1.54) is 39.2 Å². The number of benzene rings is 2. The van der Waals surface area contributed by atoms with Crippen LogP contribution in [0.15, 0.2) is 42.0 Å². The molecule has 49 heavy (non-hydrogen) atoms. The standard InChI is InChI=1S/C37H51IN2O9/c1-3-4-5-6-7-8-9-10-11-12-34(43)40(22-25-13-14-30-31(18-25)48-24-47-30)29-20-27(37(45)39-15-16-41)21-32(35(29)44)49-36-28(38)17-26(23-42)19-33(36)46-2/h13-14,17-19,21,29,32,35,41-42,44H,3-12,15-16,20,22-24H2,1-2H3,(H,39,45). The Labute approximate surface area is 303 Å². The molecule has 0 radical (unpaired) electrons. The summed E-state index contributed by atoms with van der Waals surface area (Å²) < 4.78 is 23.7. The maximum atomic E-state index is 14.1. The Kier molecular flexibility index (Phi) is 15.8. The first-order valence-corrected chi connectivity index (χ1v) is 18.5. The number of halogens is 1. The fourth-order valence-electron chi connectivity index (χ4n) is 6.25. The van der Waals surface area contributed by atoms with Crippen LogP contribution in [0.4, 0.5) is 0 Å². The van der Waals surface area contributed by atoms with Crippen LogP contribution in [0.25, 0.3) is 0 Å². The zero-order valence-electron chi connectivity index (χ0n) is 28.6. The first-order valence-electron chi connectivity index (χ1n) is 17.4. The number of hydrogen-bond donors (Lipinski definition) is 4. The number of nitrogens with one attached hydrogen (secondary N) is 1. The average Bonchev–Trinajstić information content (AvgIpc) is 3.58. The average molecular weight is 795 g/mol. The molecule has 0 aromatic heterocycles. The number of ether oxygens (including phenoxy) is 4. The maximum Gasteiger partial charge on any atom is 0.247 e. The van der Waals surface area contributed by atoms with Crippen molar-refractivity contribution >= 4 is 34.4 Å². The number of methoxy groups -OCH3 is 1. The highest BCUT2D eigenvalue weighted by atomic mass is 127. The van der Waals surface area contributed by atoms with Gasteiger partial charge < -0.3 is 44.5 Å². The van der Waals surface area contributed by atoms with Crippen molar-refractivity contribution in [3.8, 4) is 23.0 Å². The molecule has 1 aliphatic carbocycles. The molecule has 2 aliphatic rings. The molecule has 0 bridgehead atoms. The number of carbonyl (C=O) groups is 2. The molecule has 2 amide bonds. The van der Waals surface area contributed by atoms with Crippen molar-refractivity contribution in [1.29, 1.82) is 0 Å². The topological polar surface area (TPSA) is 147 Å². The van der Waals surface area contributed by atoms with E-state index >= 15 is 0 Å². The lowest BCUT2D eigenvalue weighted by atomic mass is 9.87. The normalized spacial score (nSPS) is 18.2. The highest BCUT2D eigenvalue weighted by Gasteiger charge is 2.41. The Morgan fingerprint density at radius 1 is 0.980 bits per heavy atom. The van der Waals surface area contributed by atoms with Gasteiger partial charge in [-0.3, -0.25) is 9.59 Å². The Balaban J connectivity index is 1.59. The molecule has 2 aromatic carbocycles. The van der Waals surface area contributed by atoms with E-state index in [1.807, 2.05) is 18.2 Å². The van der Waals surface area contributed by atoms with Crippen LogP contribution >= 0.6 is 22.6 Å². The molecule has 12 heteroatoms. The number of carbonyl (C=O) groups excluding carboxylic acids is 2. The highest BCUT2D eigenvalue weighted by Crippen LogP contribution is 2.38. The third kappa shape index (κ3) is 11.0. The van der Waals surface area contributed by atoms with Crippen LogP contribution in [0.3, 0.4) is 0 Å². The van der Waals surface area contributed by atoms with Crippen LogP contribution in [0.1, 0.15) is 88.7 Å². The lowest BCUT2D eigenvalue weighted by molar-refractivity contribution is -0.139. The molecule has 1 heterocycles. The Morgan fingerprint density at radius 2 is 1.69 bits per heavy atom. The van der Waals surface area contributed by atoms with Gasteiger partial charge in [-0.25, -0.2) is 0 Å². The second kappa shape index (κ2) is 19.9. The number of aliphatic hydroxyl groups is 3. The molecule has 0 saturated carbocycles. The maximum absolute atomic E-state index is 14.1. The van der Waals surface area contributed by atoms with Gasteiger partial charge in [0.25, 0.3) is 0 Å². The summed E-state index contributed by atoms with van der Waals surface area (Å²) in [5.41, 5.74) is 1.76. The van der Waals surface area contributed by atoms with Crippen LogP contribution in [0.5, 0.6) is 23.0 Å². The molecular formula is C37H51IN2O9. The quantitative estimate of drug-likeness (QED) is 0.102. The van der Waals surface area contributed by atoms with Gasteiger partial charge >= 0.3 is 0 Å². The summed E-state index contributed by atoms with van der Waals surface area (Å²) in [5, 5.41) is 33.7.